The number of nitrogens with zero attached hydrogens (tertiary/aromatic N) is 2. The van der Waals surface area contributed by atoms with Gasteiger partial charge in [-0.15, -0.1) is 0 Å². The summed E-state index contributed by atoms with van der Waals surface area (Å²) in [6.07, 6.45) is 4.88. The summed E-state index contributed by atoms with van der Waals surface area (Å²) in [4.78, 5) is 13.7. The molecule has 0 unspecified atom stereocenters. The monoisotopic (exact) mass is 214 g/mol. The molecule has 1 rings (SSSR count). The average molecular weight is 214 g/mol. The zero-order valence-corrected chi connectivity index (χ0v) is 8.16. The zero-order chi connectivity index (χ0) is 10.4. The van der Waals surface area contributed by atoms with Crippen LogP contribution in [0.3, 0.4) is 0 Å². The molecule has 0 bridgehead atoms. The number of nitrogens with two attached hydrogens (primary N) is 1. The summed E-state index contributed by atoms with van der Waals surface area (Å²) in [6.45, 7) is 1.06. The first-order valence-corrected chi connectivity index (χ1v) is 4.75. The predicted octanol–water partition coefficient (Wildman–Crippen LogP) is 0.978. The normalized spacial score (nSPS) is 10.6. The molecule has 6 nitrogen and oxygen atoms in total. The topological polar surface area (TPSA) is 94.1 Å². The fourth-order valence-electron chi connectivity index (χ4n) is 0.758. The second kappa shape index (κ2) is 5.30. The van der Waals surface area contributed by atoms with Gasteiger partial charge in [-0.3, -0.25) is 10.1 Å². The summed E-state index contributed by atoms with van der Waals surface area (Å²) in [5.41, 5.74) is 5.23. The number of rotatable bonds is 5. The maximum absolute atomic E-state index is 10.3. The van der Waals surface area contributed by atoms with Crippen LogP contribution in [-0.4, -0.2) is 23.0 Å². The van der Waals surface area contributed by atoms with Gasteiger partial charge in [-0.25, -0.2) is 4.98 Å². The molecule has 0 amide bonds. The van der Waals surface area contributed by atoms with E-state index in [1.165, 1.54) is 6.20 Å². The number of anilines is 1. The van der Waals surface area contributed by atoms with Crippen LogP contribution in [0.5, 0.6) is 0 Å². The number of nitro groups is 1. The Hall–Kier alpha value is -1.47. The SMILES string of the molecule is NC/C=C/CNc1ncc([N+](=O)[O-])s1. The van der Waals surface area contributed by atoms with E-state index in [9.17, 15) is 10.1 Å². The van der Waals surface area contributed by atoms with Crippen molar-refractivity contribution in [3.05, 3.63) is 28.5 Å². The van der Waals surface area contributed by atoms with Crippen molar-refractivity contribution in [3.63, 3.8) is 0 Å². The molecule has 0 spiro atoms. The lowest BCUT2D eigenvalue weighted by Gasteiger charge is -1.94. The maximum Gasteiger partial charge on any atom is 0.345 e. The van der Waals surface area contributed by atoms with Gasteiger partial charge in [0.25, 0.3) is 0 Å². The van der Waals surface area contributed by atoms with Crippen LogP contribution in [0.2, 0.25) is 0 Å². The first-order valence-electron chi connectivity index (χ1n) is 3.93. The van der Waals surface area contributed by atoms with Gasteiger partial charge in [0.15, 0.2) is 5.13 Å². The Labute approximate surface area is 84.6 Å². The van der Waals surface area contributed by atoms with E-state index in [4.69, 9.17) is 5.73 Å². The van der Waals surface area contributed by atoms with Crippen LogP contribution >= 0.6 is 11.3 Å². The molecule has 1 aromatic heterocycles. The lowest BCUT2D eigenvalue weighted by atomic mass is 10.5. The smallest absolute Gasteiger partial charge is 0.345 e. The fraction of sp³-hybridized carbons (Fsp3) is 0.286. The molecule has 76 valence electrons. The molecule has 0 fully saturated rings. The number of hydrogen-bond acceptors (Lipinski definition) is 6. The molecule has 3 N–H and O–H groups in total. The molecule has 0 aromatic carbocycles. The molecule has 0 aliphatic rings. The highest BCUT2D eigenvalue weighted by molar-refractivity contribution is 7.18. The molecule has 0 atom stereocenters. The Kier molecular flexibility index (Phi) is 4.02. The van der Waals surface area contributed by atoms with E-state index in [-0.39, 0.29) is 5.00 Å². The standard InChI is InChI=1S/C7H10N4O2S/c8-3-1-2-4-9-7-10-5-6(14-7)11(12)13/h1-2,5H,3-4,8H2,(H,9,10)/b2-1+. The fourth-order valence-corrected chi connectivity index (χ4v) is 1.40. The highest BCUT2D eigenvalue weighted by Crippen LogP contribution is 2.24. The van der Waals surface area contributed by atoms with E-state index in [0.29, 0.717) is 18.2 Å². The van der Waals surface area contributed by atoms with Crippen LogP contribution in [0.25, 0.3) is 0 Å². The third kappa shape index (κ3) is 3.11. The maximum atomic E-state index is 10.3. The molecular formula is C7H10N4O2S. The summed E-state index contributed by atoms with van der Waals surface area (Å²) in [5, 5.41) is 13.8. The molecule has 1 aromatic rings. The van der Waals surface area contributed by atoms with Gasteiger partial charge >= 0.3 is 5.00 Å². The predicted molar refractivity (Wildman–Crippen MR) is 55.5 cm³/mol. The number of nitrogens with one attached hydrogen (secondary N) is 1. The second-order valence-corrected chi connectivity index (χ2v) is 3.36. The van der Waals surface area contributed by atoms with E-state index >= 15 is 0 Å². The van der Waals surface area contributed by atoms with Gasteiger partial charge in [0, 0.05) is 13.1 Å². The van der Waals surface area contributed by atoms with Crippen LogP contribution in [0.1, 0.15) is 0 Å². The molecule has 14 heavy (non-hydrogen) atoms. The molecule has 1 heterocycles. The summed E-state index contributed by atoms with van der Waals surface area (Å²) in [5.74, 6) is 0. The molecule has 7 heteroatoms. The highest BCUT2D eigenvalue weighted by atomic mass is 32.1. The number of hydrogen-bond donors (Lipinski definition) is 2. The van der Waals surface area contributed by atoms with Crippen molar-refractivity contribution in [1.29, 1.82) is 0 Å². The van der Waals surface area contributed by atoms with E-state index in [1.807, 2.05) is 6.08 Å². The van der Waals surface area contributed by atoms with Gasteiger partial charge in [0.05, 0.1) is 4.92 Å². The van der Waals surface area contributed by atoms with Gasteiger partial charge in [0.2, 0.25) is 0 Å². The minimum atomic E-state index is -0.460. The summed E-state index contributed by atoms with van der Waals surface area (Å²) >= 11 is 1.01. The average Bonchev–Trinajstić information content (AvgIpc) is 2.61. The van der Waals surface area contributed by atoms with Crippen LogP contribution < -0.4 is 11.1 Å². The third-order valence-electron chi connectivity index (χ3n) is 1.35. The first-order chi connectivity index (χ1) is 6.74. The van der Waals surface area contributed by atoms with Crippen LogP contribution in [-0.2, 0) is 0 Å². The van der Waals surface area contributed by atoms with E-state index in [0.717, 1.165) is 11.3 Å². The van der Waals surface area contributed by atoms with Crippen molar-refractivity contribution in [2.75, 3.05) is 18.4 Å². The van der Waals surface area contributed by atoms with Crippen LogP contribution in [0.4, 0.5) is 10.1 Å². The molecule has 0 saturated carbocycles. The minimum absolute atomic E-state index is 0.0373. The van der Waals surface area contributed by atoms with Crippen molar-refractivity contribution in [1.82, 2.24) is 4.98 Å². The van der Waals surface area contributed by atoms with E-state index in [2.05, 4.69) is 10.3 Å². The largest absolute Gasteiger partial charge is 0.358 e. The Morgan fingerprint density at radius 2 is 2.50 bits per heavy atom. The number of aromatic nitrogens is 1. The van der Waals surface area contributed by atoms with Gasteiger partial charge in [0.1, 0.15) is 6.20 Å². The highest BCUT2D eigenvalue weighted by Gasteiger charge is 2.09. The Morgan fingerprint density at radius 3 is 3.07 bits per heavy atom. The van der Waals surface area contributed by atoms with E-state index in [1.54, 1.807) is 6.08 Å². The van der Waals surface area contributed by atoms with E-state index < -0.39 is 4.92 Å². The van der Waals surface area contributed by atoms with Crippen LogP contribution in [0.15, 0.2) is 18.3 Å². The second-order valence-electron chi connectivity index (χ2n) is 2.35. The molecular weight excluding hydrogens is 204 g/mol. The van der Waals surface area contributed by atoms with Gasteiger partial charge in [-0.2, -0.15) is 0 Å². The van der Waals surface area contributed by atoms with Gasteiger partial charge in [-0.05, 0) is 11.3 Å². The zero-order valence-electron chi connectivity index (χ0n) is 7.34. The van der Waals surface area contributed by atoms with Gasteiger partial charge in [-0.1, -0.05) is 12.2 Å². The molecule has 0 aliphatic heterocycles. The van der Waals surface area contributed by atoms with Crippen molar-refractivity contribution < 1.29 is 4.92 Å². The van der Waals surface area contributed by atoms with Crippen molar-refractivity contribution in [3.8, 4) is 0 Å². The minimum Gasteiger partial charge on any atom is -0.358 e. The van der Waals surface area contributed by atoms with Crippen molar-refractivity contribution >= 4 is 21.5 Å². The van der Waals surface area contributed by atoms with Gasteiger partial charge < -0.3 is 11.1 Å². The van der Waals surface area contributed by atoms with Crippen molar-refractivity contribution in [2.24, 2.45) is 5.73 Å². The lowest BCUT2D eigenvalue weighted by molar-refractivity contribution is -0.380. The molecule has 0 radical (unpaired) electrons. The number of thiazole rings is 1. The van der Waals surface area contributed by atoms with Crippen LogP contribution in [0, 0.1) is 10.1 Å². The molecule has 0 saturated heterocycles. The first kappa shape index (κ1) is 10.6. The third-order valence-corrected chi connectivity index (χ3v) is 2.25. The molecule has 0 aliphatic carbocycles. The lowest BCUT2D eigenvalue weighted by Crippen LogP contribution is -1.99. The Bertz CT molecular complexity index is 336. The summed E-state index contributed by atoms with van der Waals surface area (Å²) in [6, 6.07) is 0. The van der Waals surface area contributed by atoms with Crippen molar-refractivity contribution in [2.45, 2.75) is 0 Å². The summed E-state index contributed by atoms with van der Waals surface area (Å²) < 4.78 is 0. The Morgan fingerprint density at radius 1 is 1.71 bits per heavy atom. The Balaban J connectivity index is 2.44. The summed E-state index contributed by atoms with van der Waals surface area (Å²) in [7, 11) is 0. The quantitative estimate of drug-likeness (QED) is 0.433.